The summed E-state index contributed by atoms with van der Waals surface area (Å²) in [4.78, 5) is 22.8. The number of alkyl halides is 3. The number of carboxylic acid groups (broad SMARTS) is 1. The van der Waals surface area contributed by atoms with Gasteiger partial charge in [0.25, 0.3) is 0 Å². The van der Waals surface area contributed by atoms with Crippen LogP contribution in [-0.2, 0) is 9.53 Å². The minimum Gasteiger partial charge on any atom is -0.475 e. The second kappa shape index (κ2) is 7.77. The first-order chi connectivity index (χ1) is 11.3. The van der Waals surface area contributed by atoms with E-state index in [1.54, 1.807) is 7.11 Å². The summed E-state index contributed by atoms with van der Waals surface area (Å²) in [5.41, 5.74) is 6.05. The molecule has 1 saturated heterocycles. The lowest BCUT2D eigenvalue weighted by Crippen LogP contribution is -2.46. The molecule has 2 fully saturated rings. The van der Waals surface area contributed by atoms with Gasteiger partial charge in [0.2, 0.25) is 0 Å². The third kappa shape index (κ3) is 5.74. The number of halogens is 3. The maximum atomic E-state index is 12.1. The van der Waals surface area contributed by atoms with E-state index in [2.05, 4.69) is 5.32 Å². The summed E-state index contributed by atoms with van der Waals surface area (Å²) in [6, 6.07) is 0.131. The molecule has 7 nitrogen and oxygen atoms in total. The number of methoxy groups -OCH3 is 1. The number of carboxylic acids is 1. The van der Waals surface area contributed by atoms with E-state index in [0.717, 1.165) is 6.54 Å². The molecule has 1 saturated carbocycles. The smallest absolute Gasteiger partial charge is 0.475 e. The number of carbonyl (C=O) groups excluding carboxylic acids is 1. The van der Waals surface area contributed by atoms with Crippen molar-refractivity contribution < 1.29 is 32.6 Å². The fourth-order valence-electron chi connectivity index (χ4n) is 2.78. The van der Waals surface area contributed by atoms with E-state index in [0.29, 0.717) is 13.1 Å². The van der Waals surface area contributed by atoms with Crippen LogP contribution in [0.4, 0.5) is 18.0 Å². The number of carbonyl (C=O) groups is 2. The third-order valence-electron chi connectivity index (χ3n) is 4.81. The lowest BCUT2D eigenvalue weighted by molar-refractivity contribution is -0.192. The Balaban J connectivity index is 0.000000381. The number of hydrogen-bond acceptors (Lipinski definition) is 4. The molecule has 0 aromatic heterocycles. The largest absolute Gasteiger partial charge is 0.490 e. The van der Waals surface area contributed by atoms with Gasteiger partial charge in [-0.2, -0.15) is 13.2 Å². The maximum Gasteiger partial charge on any atom is 0.490 e. The van der Waals surface area contributed by atoms with E-state index in [9.17, 15) is 18.0 Å². The predicted octanol–water partition coefficient (Wildman–Crippen LogP) is 1.57. The van der Waals surface area contributed by atoms with Crippen LogP contribution in [-0.4, -0.2) is 66.6 Å². The first-order valence-electron chi connectivity index (χ1n) is 7.97. The molecule has 2 aliphatic rings. The number of urea groups is 1. The minimum atomic E-state index is -5.08. The van der Waals surface area contributed by atoms with Gasteiger partial charge < -0.3 is 25.8 Å². The molecule has 25 heavy (non-hydrogen) atoms. The second-order valence-electron chi connectivity index (χ2n) is 7.13. The van der Waals surface area contributed by atoms with Crippen molar-refractivity contribution in [3.05, 3.63) is 0 Å². The van der Waals surface area contributed by atoms with Gasteiger partial charge in [0, 0.05) is 38.2 Å². The normalized spacial score (nSPS) is 22.0. The van der Waals surface area contributed by atoms with Crippen molar-refractivity contribution in [2.24, 2.45) is 11.1 Å². The summed E-state index contributed by atoms with van der Waals surface area (Å²) in [5, 5.41) is 10.1. The second-order valence-corrected chi connectivity index (χ2v) is 7.13. The lowest BCUT2D eigenvalue weighted by Gasteiger charge is -2.41. The quantitative estimate of drug-likeness (QED) is 0.700. The van der Waals surface area contributed by atoms with E-state index in [1.807, 2.05) is 18.7 Å². The standard InChI is InChI=1S/C13H25N3O2.C2HF3O2/c1-12(2,18-3)8-15-11(17)16-7-10(14)13(9-16)5-4-6-13;3-2(4,5)1(6)7/h10H,4-9,14H2,1-3H3,(H,15,17);(H,6,7). The maximum absolute atomic E-state index is 12.1. The Morgan fingerprint density at radius 2 is 1.88 bits per heavy atom. The number of rotatable bonds is 3. The molecular formula is C15H26F3N3O4. The fraction of sp³-hybridized carbons (Fsp3) is 0.867. The SMILES string of the molecule is COC(C)(C)CNC(=O)N1CC(N)C2(CCC2)C1.O=C(O)C(F)(F)F. The molecule has 0 aromatic rings. The van der Waals surface area contributed by atoms with Crippen LogP contribution in [0.2, 0.25) is 0 Å². The van der Waals surface area contributed by atoms with Crippen LogP contribution >= 0.6 is 0 Å². The van der Waals surface area contributed by atoms with Crippen molar-refractivity contribution in [1.29, 1.82) is 0 Å². The van der Waals surface area contributed by atoms with Crippen LogP contribution < -0.4 is 11.1 Å². The zero-order valence-electron chi connectivity index (χ0n) is 14.7. The zero-order valence-corrected chi connectivity index (χ0v) is 14.7. The van der Waals surface area contributed by atoms with E-state index in [4.69, 9.17) is 20.4 Å². The number of nitrogens with one attached hydrogen (secondary N) is 1. The Labute approximate surface area is 144 Å². The van der Waals surface area contributed by atoms with E-state index in [-0.39, 0.29) is 23.1 Å². The van der Waals surface area contributed by atoms with Gasteiger partial charge in [-0.3, -0.25) is 0 Å². The first-order valence-corrected chi connectivity index (χ1v) is 7.97. The Morgan fingerprint density at radius 3 is 2.20 bits per heavy atom. The highest BCUT2D eigenvalue weighted by molar-refractivity contribution is 5.75. The average molecular weight is 369 g/mol. The van der Waals surface area contributed by atoms with Gasteiger partial charge >= 0.3 is 18.2 Å². The summed E-state index contributed by atoms with van der Waals surface area (Å²) in [7, 11) is 1.65. The van der Waals surface area contributed by atoms with Crippen molar-refractivity contribution in [3.63, 3.8) is 0 Å². The Kier molecular flexibility index (Phi) is 6.68. The highest BCUT2D eigenvalue weighted by Gasteiger charge is 2.49. The Hall–Kier alpha value is -1.55. The Bertz CT molecular complexity index is 493. The van der Waals surface area contributed by atoms with Crippen LogP contribution in [0.1, 0.15) is 33.1 Å². The van der Waals surface area contributed by atoms with E-state index >= 15 is 0 Å². The number of nitrogens with two attached hydrogens (primary N) is 1. The van der Waals surface area contributed by atoms with E-state index < -0.39 is 12.1 Å². The minimum absolute atomic E-state index is 0.0145. The van der Waals surface area contributed by atoms with Crippen LogP contribution in [0.3, 0.4) is 0 Å². The summed E-state index contributed by atoms with van der Waals surface area (Å²) >= 11 is 0. The molecule has 2 rings (SSSR count). The molecule has 1 unspecified atom stereocenters. The number of likely N-dealkylation sites (tertiary alicyclic amines) is 1. The first kappa shape index (κ1) is 21.5. The number of nitrogens with zero attached hydrogens (tertiary/aromatic N) is 1. The molecule has 0 radical (unpaired) electrons. The molecule has 0 bridgehead atoms. The predicted molar refractivity (Wildman–Crippen MR) is 84.0 cm³/mol. The van der Waals surface area contributed by atoms with Crippen LogP contribution in [0.15, 0.2) is 0 Å². The zero-order chi connectivity index (χ0) is 19.5. The highest BCUT2D eigenvalue weighted by Crippen LogP contribution is 2.47. The van der Waals surface area contributed by atoms with Gasteiger partial charge in [0.15, 0.2) is 0 Å². The third-order valence-corrected chi connectivity index (χ3v) is 4.81. The van der Waals surface area contributed by atoms with Crippen LogP contribution in [0.25, 0.3) is 0 Å². The fourth-order valence-corrected chi connectivity index (χ4v) is 2.78. The van der Waals surface area contributed by atoms with Gasteiger partial charge in [-0.05, 0) is 26.7 Å². The highest BCUT2D eigenvalue weighted by atomic mass is 19.4. The summed E-state index contributed by atoms with van der Waals surface area (Å²) in [6.07, 6.45) is -1.50. The van der Waals surface area contributed by atoms with Crippen molar-refractivity contribution in [2.75, 3.05) is 26.7 Å². The number of amides is 2. The molecule has 1 atom stereocenters. The summed E-state index contributed by atoms with van der Waals surface area (Å²) < 4.78 is 37.0. The molecule has 4 N–H and O–H groups in total. The number of ether oxygens (including phenoxy) is 1. The molecule has 0 aromatic carbocycles. The van der Waals surface area contributed by atoms with Gasteiger partial charge in [-0.25, -0.2) is 9.59 Å². The van der Waals surface area contributed by atoms with Crippen molar-refractivity contribution in [2.45, 2.75) is 50.9 Å². The van der Waals surface area contributed by atoms with Gasteiger partial charge in [0.1, 0.15) is 0 Å². The molecule has 1 aliphatic carbocycles. The monoisotopic (exact) mass is 369 g/mol. The van der Waals surface area contributed by atoms with Gasteiger partial charge in [0.05, 0.1) is 5.60 Å². The lowest BCUT2D eigenvalue weighted by atomic mass is 9.66. The average Bonchev–Trinajstić information content (AvgIpc) is 2.82. The van der Waals surface area contributed by atoms with Gasteiger partial charge in [-0.15, -0.1) is 0 Å². The molecular weight excluding hydrogens is 343 g/mol. The summed E-state index contributed by atoms with van der Waals surface area (Å²) in [5.74, 6) is -2.76. The van der Waals surface area contributed by atoms with Crippen molar-refractivity contribution in [1.82, 2.24) is 10.2 Å². The molecule has 146 valence electrons. The molecule has 1 spiro atoms. The van der Waals surface area contributed by atoms with Crippen molar-refractivity contribution >= 4 is 12.0 Å². The van der Waals surface area contributed by atoms with Crippen molar-refractivity contribution in [3.8, 4) is 0 Å². The Morgan fingerprint density at radius 1 is 1.36 bits per heavy atom. The van der Waals surface area contributed by atoms with Crippen LogP contribution in [0.5, 0.6) is 0 Å². The topological polar surface area (TPSA) is 105 Å². The number of hydrogen-bond donors (Lipinski definition) is 3. The van der Waals surface area contributed by atoms with E-state index in [1.165, 1.54) is 19.3 Å². The molecule has 2 amide bonds. The number of aliphatic carboxylic acids is 1. The molecule has 1 heterocycles. The molecule has 1 aliphatic heterocycles. The van der Waals surface area contributed by atoms with Crippen LogP contribution in [0, 0.1) is 5.41 Å². The summed E-state index contributed by atoms with van der Waals surface area (Å²) in [6.45, 7) is 5.92. The van der Waals surface area contributed by atoms with Gasteiger partial charge in [-0.1, -0.05) is 6.42 Å². The molecule has 10 heteroatoms.